The van der Waals surface area contributed by atoms with Crippen LogP contribution in [0.5, 0.6) is 11.5 Å². The van der Waals surface area contributed by atoms with Crippen molar-refractivity contribution in [2.75, 3.05) is 0 Å². The van der Waals surface area contributed by atoms with E-state index in [9.17, 15) is 18.6 Å². The molecule has 0 atom stereocenters. The minimum absolute atomic E-state index is 0.0488. The maximum Gasteiger partial charge on any atom is 0.207 e. The molecular weight excluding hydrogens is 288 g/mol. The standard InChI is InChI=1S/C16H18O4S/c1-9-7-10(2)16(8-14(9)18)21(19,20)15-6-5-13(17)11(3)12(15)4/h5-8,17-18H,1-4H3. The highest BCUT2D eigenvalue weighted by Crippen LogP contribution is 2.33. The van der Waals surface area contributed by atoms with Crippen LogP contribution in [0.2, 0.25) is 0 Å². The Bertz CT molecular complexity index is 813. The number of benzene rings is 2. The molecule has 0 bridgehead atoms. The Labute approximate surface area is 124 Å². The van der Waals surface area contributed by atoms with E-state index in [2.05, 4.69) is 0 Å². The van der Waals surface area contributed by atoms with Gasteiger partial charge in [0.25, 0.3) is 0 Å². The molecule has 0 aliphatic rings. The second-order valence-corrected chi connectivity index (χ2v) is 7.13. The molecule has 0 saturated heterocycles. The van der Waals surface area contributed by atoms with Gasteiger partial charge in [0.2, 0.25) is 9.84 Å². The van der Waals surface area contributed by atoms with Gasteiger partial charge in [-0.1, -0.05) is 6.07 Å². The van der Waals surface area contributed by atoms with Crippen LogP contribution in [-0.2, 0) is 9.84 Å². The van der Waals surface area contributed by atoms with Gasteiger partial charge in [-0.25, -0.2) is 8.42 Å². The van der Waals surface area contributed by atoms with Gasteiger partial charge in [-0.05, 0) is 68.1 Å². The maximum absolute atomic E-state index is 12.8. The largest absolute Gasteiger partial charge is 0.508 e. The summed E-state index contributed by atoms with van der Waals surface area (Å²) in [7, 11) is -3.75. The average molecular weight is 306 g/mol. The quantitative estimate of drug-likeness (QED) is 0.893. The summed E-state index contributed by atoms with van der Waals surface area (Å²) in [5, 5.41) is 19.5. The zero-order valence-corrected chi connectivity index (χ0v) is 13.2. The summed E-state index contributed by atoms with van der Waals surface area (Å²) in [6.45, 7) is 6.74. The van der Waals surface area contributed by atoms with E-state index in [4.69, 9.17) is 0 Å². The van der Waals surface area contributed by atoms with Crippen molar-refractivity contribution in [1.29, 1.82) is 0 Å². The van der Waals surface area contributed by atoms with E-state index in [1.54, 1.807) is 33.8 Å². The van der Waals surface area contributed by atoms with E-state index < -0.39 is 9.84 Å². The summed E-state index contributed by atoms with van der Waals surface area (Å²) < 4.78 is 25.6. The lowest BCUT2D eigenvalue weighted by Crippen LogP contribution is -2.07. The highest BCUT2D eigenvalue weighted by molar-refractivity contribution is 7.91. The van der Waals surface area contributed by atoms with Crippen LogP contribution < -0.4 is 0 Å². The van der Waals surface area contributed by atoms with Gasteiger partial charge in [0, 0.05) is 0 Å². The molecule has 2 aromatic rings. The van der Waals surface area contributed by atoms with Crippen molar-refractivity contribution >= 4 is 9.84 Å². The third-order valence-electron chi connectivity index (χ3n) is 3.78. The van der Waals surface area contributed by atoms with Crippen molar-refractivity contribution in [3.63, 3.8) is 0 Å². The second-order valence-electron chi connectivity index (χ2n) is 5.24. The first-order valence-electron chi connectivity index (χ1n) is 6.50. The van der Waals surface area contributed by atoms with Crippen molar-refractivity contribution in [3.8, 4) is 11.5 Å². The number of phenols is 2. The topological polar surface area (TPSA) is 74.6 Å². The summed E-state index contributed by atoms with van der Waals surface area (Å²) in [6, 6.07) is 5.69. The molecule has 0 unspecified atom stereocenters. The van der Waals surface area contributed by atoms with Crippen molar-refractivity contribution < 1.29 is 18.6 Å². The number of aromatic hydroxyl groups is 2. The van der Waals surface area contributed by atoms with E-state index in [1.165, 1.54) is 18.2 Å². The molecule has 0 heterocycles. The van der Waals surface area contributed by atoms with E-state index in [1.807, 2.05) is 0 Å². The van der Waals surface area contributed by atoms with E-state index in [0.717, 1.165) is 0 Å². The molecule has 5 heteroatoms. The zero-order valence-electron chi connectivity index (χ0n) is 12.4. The maximum atomic E-state index is 12.8. The Morgan fingerprint density at radius 3 is 2.00 bits per heavy atom. The molecule has 112 valence electrons. The van der Waals surface area contributed by atoms with Crippen LogP contribution in [0.1, 0.15) is 22.3 Å². The van der Waals surface area contributed by atoms with Gasteiger partial charge >= 0.3 is 0 Å². The van der Waals surface area contributed by atoms with E-state index in [0.29, 0.717) is 22.3 Å². The molecule has 0 spiro atoms. The third-order valence-corrected chi connectivity index (χ3v) is 5.82. The minimum atomic E-state index is -3.75. The molecule has 2 N–H and O–H groups in total. The lowest BCUT2D eigenvalue weighted by molar-refractivity contribution is 0.468. The van der Waals surface area contributed by atoms with Gasteiger partial charge in [0.15, 0.2) is 0 Å². The average Bonchev–Trinajstić information content (AvgIpc) is 2.39. The summed E-state index contributed by atoms with van der Waals surface area (Å²) in [5.74, 6) is 0.0160. The normalized spacial score (nSPS) is 11.6. The Morgan fingerprint density at radius 1 is 0.762 bits per heavy atom. The van der Waals surface area contributed by atoms with E-state index in [-0.39, 0.29) is 21.3 Å². The molecule has 0 aliphatic carbocycles. The highest BCUT2D eigenvalue weighted by atomic mass is 32.2. The molecule has 0 fully saturated rings. The summed E-state index contributed by atoms with van der Waals surface area (Å²) in [6.07, 6.45) is 0. The van der Waals surface area contributed by atoms with Crippen LogP contribution in [-0.4, -0.2) is 18.6 Å². The second kappa shape index (κ2) is 5.07. The van der Waals surface area contributed by atoms with Crippen LogP contribution in [0, 0.1) is 27.7 Å². The monoisotopic (exact) mass is 306 g/mol. The smallest absolute Gasteiger partial charge is 0.207 e. The predicted molar refractivity (Wildman–Crippen MR) is 80.6 cm³/mol. The van der Waals surface area contributed by atoms with E-state index >= 15 is 0 Å². The molecule has 2 rings (SSSR count). The highest BCUT2D eigenvalue weighted by Gasteiger charge is 2.24. The SMILES string of the molecule is Cc1cc(C)c(S(=O)(=O)c2ccc(O)c(C)c2C)cc1O. The predicted octanol–water partition coefficient (Wildman–Crippen LogP) is 3.16. The molecule has 4 nitrogen and oxygen atoms in total. The van der Waals surface area contributed by atoms with Crippen LogP contribution in [0.3, 0.4) is 0 Å². The number of rotatable bonds is 2. The first kappa shape index (κ1) is 15.4. The van der Waals surface area contributed by atoms with Crippen molar-refractivity contribution in [2.24, 2.45) is 0 Å². The molecule has 2 aromatic carbocycles. The lowest BCUT2D eigenvalue weighted by Gasteiger charge is -2.14. The fraction of sp³-hybridized carbons (Fsp3) is 0.250. The number of aryl methyl sites for hydroxylation is 2. The van der Waals surface area contributed by atoms with Gasteiger partial charge < -0.3 is 10.2 Å². The summed E-state index contributed by atoms with van der Waals surface area (Å²) >= 11 is 0. The van der Waals surface area contributed by atoms with Gasteiger partial charge in [0.1, 0.15) is 11.5 Å². The summed E-state index contributed by atoms with van der Waals surface area (Å²) in [4.78, 5) is 0.225. The molecular formula is C16H18O4S. The number of hydrogen-bond acceptors (Lipinski definition) is 4. The third kappa shape index (κ3) is 2.49. The fourth-order valence-corrected chi connectivity index (χ4v) is 4.09. The number of phenolic OH excluding ortho intramolecular Hbond substituents is 2. The molecule has 0 aromatic heterocycles. The Hall–Kier alpha value is -2.01. The van der Waals surface area contributed by atoms with Crippen LogP contribution in [0.15, 0.2) is 34.1 Å². The zero-order chi connectivity index (χ0) is 15.9. The molecule has 21 heavy (non-hydrogen) atoms. The van der Waals surface area contributed by atoms with Crippen LogP contribution in [0.4, 0.5) is 0 Å². The number of hydrogen-bond donors (Lipinski definition) is 2. The lowest BCUT2D eigenvalue weighted by atomic mass is 10.1. The molecule has 0 saturated carbocycles. The number of sulfone groups is 1. The van der Waals surface area contributed by atoms with Gasteiger partial charge in [-0.15, -0.1) is 0 Å². The van der Waals surface area contributed by atoms with Crippen molar-refractivity contribution in [2.45, 2.75) is 37.5 Å². The van der Waals surface area contributed by atoms with Crippen molar-refractivity contribution in [3.05, 3.63) is 46.5 Å². The van der Waals surface area contributed by atoms with Crippen LogP contribution in [0.25, 0.3) is 0 Å². The van der Waals surface area contributed by atoms with Gasteiger partial charge in [-0.2, -0.15) is 0 Å². The first-order chi connectivity index (χ1) is 9.66. The molecule has 0 radical (unpaired) electrons. The fourth-order valence-electron chi connectivity index (χ4n) is 2.30. The first-order valence-corrected chi connectivity index (χ1v) is 7.99. The van der Waals surface area contributed by atoms with Crippen LogP contribution >= 0.6 is 0 Å². The molecule has 0 amide bonds. The minimum Gasteiger partial charge on any atom is -0.508 e. The van der Waals surface area contributed by atoms with Gasteiger partial charge in [-0.3, -0.25) is 0 Å². The van der Waals surface area contributed by atoms with Gasteiger partial charge in [0.05, 0.1) is 9.79 Å². The Morgan fingerprint density at radius 2 is 1.38 bits per heavy atom. The Balaban J connectivity index is 2.75. The Kier molecular flexibility index (Phi) is 3.72. The summed E-state index contributed by atoms with van der Waals surface area (Å²) in [5.41, 5.74) is 2.25. The molecule has 0 aliphatic heterocycles. The van der Waals surface area contributed by atoms with Crippen molar-refractivity contribution in [1.82, 2.24) is 0 Å².